The fourth-order valence-corrected chi connectivity index (χ4v) is 3.62. The predicted molar refractivity (Wildman–Crippen MR) is 131 cm³/mol. The second kappa shape index (κ2) is 11.3. The van der Waals surface area contributed by atoms with Crippen LogP contribution >= 0.6 is 0 Å². The van der Waals surface area contributed by atoms with E-state index in [-0.39, 0.29) is 30.7 Å². The van der Waals surface area contributed by atoms with Gasteiger partial charge in [-0.05, 0) is 54.6 Å². The molecular formula is C26H27FN4O3. The first-order valence-corrected chi connectivity index (χ1v) is 11.2. The highest BCUT2D eigenvalue weighted by molar-refractivity contribution is 5.95. The van der Waals surface area contributed by atoms with Crippen LogP contribution in [0, 0.1) is 5.82 Å². The molecule has 0 aliphatic carbocycles. The zero-order chi connectivity index (χ0) is 23.8. The van der Waals surface area contributed by atoms with E-state index in [1.54, 1.807) is 42.5 Å². The average Bonchev–Trinajstić information content (AvgIpc) is 2.88. The van der Waals surface area contributed by atoms with Crippen molar-refractivity contribution >= 4 is 28.9 Å². The van der Waals surface area contributed by atoms with Crippen molar-refractivity contribution in [1.82, 2.24) is 5.32 Å². The summed E-state index contributed by atoms with van der Waals surface area (Å²) in [5.74, 6) is -0.826. The fraction of sp³-hybridized carbons (Fsp3) is 0.231. The quantitative estimate of drug-likeness (QED) is 0.476. The Kier molecular flexibility index (Phi) is 7.72. The molecule has 0 radical (unpaired) electrons. The Hall–Kier alpha value is -3.91. The zero-order valence-corrected chi connectivity index (χ0v) is 18.7. The average molecular weight is 463 g/mol. The van der Waals surface area contributed by atoms with Gasteiger partial charge in [0, 0.05) is 47.8 Å². The number of hydrogen-bond acceptors (Lipinski definition) is 5. The molecular weight excluding hydrogens is 435 g/mol. The van der Waals surface area contributed by atoms with Crippen molar-refractivity contribution in [2.75, 3.05) is 48.4 Å². The summed E-state index contributed by atoms with van der Waals surface area (Å²) in [7, 11) is 0. The third kappa shape index (κ3) is 6.32. The second-order valence-corrected chi connectivity index (χ2v) is 7.90. The molecule has 7 nitrogen and oxygen atoms in total. The van der Waals surface area contributed by atoms with Crippen LogP contribution in [0.4, 0.5) is 21.5 Å². The van der Waals surface area contributed by atoms with Crippen molar-refractivity contribution in [3.05, 3.63) is 89.7 Å². The summed E-state index contributed by atoms with van der Waals surface area (Å²) in [5.41, 5.74) is 3.43. The lowest BCUT2D eigenvalue weighted by Crippen LogP contribution is -2.36. The van der Waals surface area contributed by atoms with Crippen molar-refractivity contribution in [1.29, 1.82) is 0 Å². The number of anilines is 3. The lowest BCUT2D eigenvalue weighted by atomic mass is 10.1. The van der Waals surface area contributed by atoms with Crippen LogP contribution < -0.4 is 20.9 Å². The number of rotatable bonds is 8. The number of carbonyl (C=O) groups excluding carboxylic acids is 2. The van der Waals surface area contributed by atoms with Crippen molar-refractivity contribution in [2.24, 2.45) is 0 Å². The van der Waals surface area contributed by atoms with E-state index in [0.29, 0.717) is 16.8 Å². The van der Waals surface area contributed by atoms with Gasteiger partial charge in [0.2, 0.25) is 5.91 Å². The minimum Gasteiger partial charge on any atom is -0.378 e. The summed E-state index contributed by atoms with van der Waals surface area (Å²) in [6.45, 7) is 3.37. The molecule has 2 amide bonds. The Morgan fingerprint density at radius 3 is 2.26 bits per heavy atom. The summed E-state index contributed by atoms with van der Waals surface area (Å²) in [6, 6.07) is 20.8. The van der Waals surface area contributed by atoms with Gasteiger partial charge in [-0.3, -0.25) is 9.59 Å². The molecule has 8 heteroatoms. The third-order valence-corrected chi connectivity index (χ3v) is 5.52. The maximum absolute atomic E-state index is 13.7. The molecule has 4 rings (SSSR count). The predicted octanol–water partition coefficient (Wildman–Crippen LogP) is 3.64. The van der Waals surface area contributed by atoms with E-state index in [9.17, 15) is 14.0 Å². The Morgan fingerprint density at radius 2 is 1.56 bits per heavy atom. The van der Waals surface area contributed by atoms with E-state index in [1.165, 1.54) is 6.07 Å². The van der Waals surface area contributed by atoms with Gasteiger partial charge >= 0.3 is 0 Å². The highest BCUT2D eigenvalue weighted by atomic mass is 19.1. The number of nitrogens with zero attached hydrogens (tertiary/aromatic N) is 1. The molecule has 1 aliphatic heterocycles. The standard InChI is InChI=1S/C26H27FN4O3/c27-24-4-2-1-3-20(24)17-29-26(33)19-5-7-21(8-6-19)28-18-25(32)30-22-9-11-23(12-10-22)31-13-15-34-16-14-31/h1-12,28H,13-18H2,(H,29,33)(H,30,32). The van der Waals surface area contributed by atoms with Crippen LogP contribution in [0.3, 0.4) is 0 Å². The smallest absolute Gasteiger partial charge is 0.251 e. The first-order valence-electron chi connectivity index (χ1n) is 11.2. The van der Waals surface area contributed by atoms with Crippen LogP contribution in [0.15, 0.2) is 72.8 Å². The van der Waals surface area contributed by atoms with Crippen LogP contribution in [0.5, 0.6) is 0 Å². The van der Waals surface area contributed by atoms with Gasteiger partial charge in [-0.1, -0.05) is 18.2 Å². The third-order valence-electron chi connectivity index (χ3n) is 5.52. The zero-order valence-electron chi connectivity index (χ0n) is 18.7. The minimum absolute atomic E-state index is 0.0873. The Balaban J connectivity index is 1.22. The van der Waals surface area contributed by atoms with E-state index in [0.717, 1.165) is 37.7 Å². The molecule has 0 atom stereocenters. The molecule has 1 aliphatic rings. The summed E-state index contributed by atoms with van der Waals surface area (Å²) in [4.78, 5) is 26.9. The minimum atomic E-state index is -0.353. The van der Waals surface area contributed by atoms with E-state index in [2.05, 4.69) is 20.9 Å². The topological polar surface area (TPSA) is 82.7 Å². The van der Waals surface area contributed by atoms with Crippen LogP contribution in [0.25, 0.3) is 0 Å². The molecule has 0 aromatic heterocycles. The number of amides is 2. The molecule has 34 heavy (non-hydrogen) atoms. The fourth-order valence-electron chi connectivity index (χ4n) is 3.62. The van der Waals surface area contributed by atoms with Gasteiger partial charge in [0.25, 0.3) is 5.91 Å². The molecule has 3 aromatic carbocycles. The maximum Gasteiger partial charge on any atom is 0.251 e. The number of hydrogen-bond donors (Lipinski definition) is 3. The molecule has 1 fully saturated rings. The van der Waals surface area contributed by atoms with E-state index >= 15 is 0 Å². The molecule has 0 bridgehead atoms. The Morgan fingerprint density at radius 1 is 0.882 bits per heavy atom. The summed E-state index contributed by atoms with van der Waals surface area (Å²) in [5, 5.41) is 8.62. The molecule has 3 N–H and O–H groups in total. The first kappa shape index (κ1) is 23.3. The monoisotopic (exact) mass is 462 g/mol. The number of ether oxygens (including phenoxy) is 1. The lowest BCUT2D eigenvalue weighted by Gasteiger charge is -2.28. The van der Waals surface area contributed by atoms with Gasteiger partial charge in [-0.25, -0.2) is 4.39 Å². The summed E-state index contributed by atoms with van der Waals surface area (Å²) >= 11 is 0. The highest BCUT2D eigenvalue weighted by Gasteiger charge is 2.11. The van der Waals surface area contributed by atoms with Crippen molar-refractivity contribution in [3.8, 4) is 0 Å². The van der Waals surface area contributed by atoms with Crippen molar-refractivity contribution in [3.63, 3.8) is 0 Å². The molecule has 1 saturated heterocycles. The van der Waals surface area contributed by atoms with Crippen LogP contribution in [-0.4, -0.2) is 44.7 Å². The van der Waals surface area contributed by atoms with Gasteiger partial charge in [0.1, 0.15) is 5.82 Å². The number of nitrogens with one attached hydrogen (secondary N) is 3. The maximum atomic E-state index is 13.7. The number of carbonyl (C=O) groups is 2. The Labute approximate surface area is 197 Å². The van der Waals surface area contributed by atoms with E-state index in [4.69, 9.17) is 4.74 Å². The van der Waals surface area contributed by atoms with Crippen LogP contribution in [-0.2, 0) is 16.1 Å². The first-order chi connectivity index (χ1) is 16.6. The van der Waals surface area contributed by atoms with Gasteiger partial charge in [0.15, 0.2) is 0 Å². The molecule has 0 spiro atoms. The highest BCUT2D eigenvalue weighted by Crippen LogP contribution is 2.19. The van der Waals surface area contributed by atoms with Gasteiger partial charge in [-0.15, -0.1) is 0 Å². The SMILES string of the molecule is O=C(CNc1ccc(C(=O)NCc2ccccc2F)cc1)Nc1ccc(N2CCOCC2)cc1. The largest absolute Gasteiger partial charge is 0.378 e. The summed E-state index contributed by atoms with van der Waals surface area (Å²) < 4.78 is 19.1. The number of morpholine rings is 1. The summed E-state index contributed by atoms with van der Waals surface area (Å²) in [6.07, 6.45) is 0. The van der Waals surface area contributed by atoms with E-state index < -0.39 is 0 Å². The van der Waals surface area contributed by atoms with Gasteiger partial charge in [-0.2, -0.15) is 0 Å². The lowest BCUT2D eigenvalue weighted by molar-refractivity contribution is -0.114. The van der Waals surface area contributed by atoms with Gasteiger partial charge in [0.05, 0.1) is 19.8 Å². The second-order valence-electron chi connectivity index (χ2n) is 7.90. The van der Waals surface area contributed by atoms with E-state index in [1.807, 2.05) is 24.3 Å². The molecule has 0 saturated carbocycles. The number of benzene rings is 3. The normalized spacial score (nSPS) is 13.3. The van der Waals surface area contributed by atoms with Crippen LogP contribution in [0.1, 0.15) is 15.9 Å². The Bertz CT molecular complexity index is 1110. The molecule has 3 aromatic rings. The molecule has 0 unspecified atom stereocenters. The van der Waals surface area contributed by atoms with Gasteiger partial charge < -0.3 is 25.6 Å². The molecule has 176 valence electrons. The van der Waals surface area contributed by atoms with Crippen LogP contribution in [0.2, 0.25) is 0 Å². The molecule has 1 heterocycles. The number of halogens is 1. The van der Waals surface area contributed by atoms with Crippen molar-refractivity contribution in [2.45, 2.75) is 6.54 Å². The van der Waals surface area contributed by atoms with Crippen molar-refractivity contribution < 1.29 is 18.7 Å².